The van der Waals surface area contributed by atoms with Crippen molar-refractivity contribution in [2.45, 2.75) is 86.0 Å². The SMILES string of the molecule is O=[S@]1CC2(CC2)c2nc(N3CCC(c4ccc5c(c4)CCC5)CC3)nc(NC3(CO)CCC3)c21. The fraction of sp³-hybridized carbons (Fsp3) is 0.630. The van der Waals surface area contributed by atoms with Crippen molar-refractivity contribution in [3.05, 3.63) is 40.6 Å². The number of aryl methyl sites for hydroxylation is 2. The Morgan fingerprint density at radius 2 is 1.85 bits per heavy atom. The Balaban J connectivity index is 1.16. The van der Waals surface area contributed by atoms with E-state index >= 15 is 0 Å². The van der Waals surface area contributed by atoms with Crippen LogP contribution in [0.25, 0.3) is 0 Å². The number of anilines is 2. The van der Waals surface area contributed by atoms with Crippen molar-refractivity contribution in [2.75, 3.05) is 35.7 Å². The van der Waals surface area contributed by atoms with E-state index in [2.05, 4.69) is 28.4 Å². The van der Waals surface area contributed by atoms with E-state index in [1.54, 1.807) is 11.1 Å². The number of benzene rings is 1. The molecule has 5 aliphatic rings. The molecule has 2 aromatic rings. The summed E-state index contributed by atoms with van der Waals surface area (Å²) in [6.45, 7) is 1.98. The van der Waals surface area contributed by atoms with Gasteiger partial charge in [0, 0.05) is 24.3 Å². The highest BCUT2D eigenvalue weighted by atomic mass is 32.2. The number of rotatable bonds is 5. The normalized spacial score (nSPS) is 26.3. The van der Waals surface area contributed by atoms with Gasteiger partial charge in [-0.05, 0) is 86.8 Å². The molecule has 34 heavy (non-hydrogen) atoms. The second-order valence-electron chi connectivity index (χ2n) is 11.4. The van der Waals surface area contributed by atoms with E-state index in [0.29, 0.717) is 11.7 Å². The van der Waals surface area contributed by atoms with Gasteiger partial charge in [0.25, 0.3) is 0 Å². The third kappa shape index (κ3) is 3.34. The summed E-state index contributed by atoms with van der Waals surface area (Å²) in [5.41, 5.74) is 5.32. The van der Waals surface area contributed by atoms with Crippen LogP contribution in [0, 0.1) is 0 Å². The van der Waals surface area contributed by atoms with Crippen LogP contribution in [0.3, 0.4) is 0 Å². The van der Waals surface area contributed by atoms with Crippen LogP contribution in [0.4, 0.5) is 11.8 Å². The zero-order chi connectivity index (χ0) is 22.9. The van der Waals surface area contributed by atoms with E-state index in [1.165, 1.54) is 24.8 Å². The molecule has 3 heterocycles. The molecule has 1 saturated heterocycles. The number of nitrogens with one attached hydrogen (secondary N) is 1. The molecule has 7 rings (SSSR count). The van der Waals surface area contributed by atoms with Gasteiger partial charge in [0.05, 0.1) is 28.6 Å². The third-order valence-electron chi connectivity index (χ3n) is 9.21. The van der Waals surface area contributed by atoms with Crippen molar-refractivity contribution in [1.82, 2.24) is 9.97 Å². The quantitative estimate of drug-likeness (QED) is 0.680. The topological polar surface area (TPSA) is 78.4 Å². The third-order valence-corrected chi connectivity index (χ3v) is 10.9. The molecule has 3 aliphatic carbocycles. The second-order valence-corrected chi connectivity index (χ2v) is 12.8. The summed E-state index contributed by atoms with van der Waals surface area (Å²) in [5.74, 6) is 2.79. The average molecular weight is 479 g/mol. The van der Waals surface area contributed by atoms with Crippen LogP contribution in [0.1, 0.15) is 79.7 Å². The lowest BCUT2D eigenvalue weighted by molar-refractivity contribution is 0.143. The molecule has 2 N–H and O–H groups in total. The summed E-state index contributed by atoms with van der Waals surface area (Å²) in [7, 11) is -1.06. The van der Waals surface area contributed by atoms with Gasteiger partial charge in [0.15, 0.2) is 0 Å². The Labute approximate surface area is 204 Å². The summed E-state index contributed by atoms with van der Waals surface area (Å²) in [6.07, 6.45) is 11.1. The number of aliphatic hydroxyl groups is 1. The Hall–Kier alpha value is -1.99. The van der Waals surface area contributed by atoms with Gasteiger partial charge in [-0.1, -0.05) is 18.2 Å². The van der Waals surface area contributed by atoms with Crippen molar-refractivity contribution >= 4 is 22.6 Å². The number of piperidine rings is 1. The fourth-order valence-electron chi connectivity index (χ4n) is 6.60. The molecule has 3 fully saturated rings. The maximum atomic E-state index is 13.1. The summed E-state index contributed by atoms with van der Waals surface area (Å²) >= 11 is 0. The predicted octanol–water partition coefficient (Wildman–Crippen LogP) is 3.83. The first-order valence-electron chi connectivity index (χ1n) is 13.1. The smallest absolute Gasteiger partial charge is 0.227 e. The Bertz CT molecular complexity index is 1160. The number of hydrogen-bond acceptors (Lipinski definition) is 6. The molecule has 2 aliphatic heterocycles. The van der Waals surface area contributed by atoms with Crippen LogP contribution in [0.5, 0.6) is 0 Å². The molecule has 6 nitrogen and oxygen atoms in total. The number of fused-ring (bicyclic) bond motifs is 3. The summed E-state index contributed by atoms with van der Waals surface area (Å²) in [4.78, 5) is 13.2. The maximum absolute atomic E-state index is 13.1. The molecular formula is C27H34N4O2S. The van der Waals surface area contributed by atoms with Crippen LogP contribution < -0.4 is 10.2 Å². The van der Waals surface area contributed by atoms with Crippen molar-refractivity contribution in [2.24, 2.45) is 0 Å². The second kappa shape index (κ2) is 7.76. The zero-order valence-corrected chi connectivity index (χ0v) is 20.6. The lowest BCUT2D eigenvalue weighted by atomic mass is 9.77. The lowest BCUT2D eigenvalue weighted by Gasteiger charge is -2.42. The first kappa shape index (κ1) is 21.3. The van der Waals surface area contributed by atoms with E-state index in [0.717, 1.165) is 80.4 Å². The predicted molar refractivity (Wildman–Crippen MR) is 134 cm³/mol. The molecule has 1 spiro atoms. The highest BCUT2D eigenvalue weighted by Crippen LogP contribution is 2.56. The van der Waals surface area contributed by atoms with E-state index in [1.807, 2.05) is 0 Å². The van der Waals surface area contributed by atoms with E-state index in [9.17, 15) is 9.32 Å². The summed E-state index contributed by atoms with van der Waals surface area (Å²) in [6, 6.07) is 7.19. The fourth-order valence-corrected chi connectivity index (χ4v) is 8.46. The van der Waals surface area contributed by atoms with Gasteiger partial charge in [-0.3, -0.25) is 4.21 Å². The van der Waals surface area contributed by atoms with E-state index in [-0.39, 0.29) is 17.6 Å². The summed E-state index contributed by atoms with van der Waals surface area (Å²) in [5, 5.41) is 13.6. The van der Waals surface area contributed by atoms with Crippen LogP contribution in [0.2, 0.25) is 0 Å². The molecule has 1 aromatic heterocycles. The van der Waals surface area contributed by atoms with Crippen LogP contribution in [0.15, 0.2) is 23.1 Å². The van der Waals surface area contributed by atoms with Crippen LogP contribution in [-0.4, -0.2) is 50.3 Å². The molecule has 0 amide bonds. The van der Waals surface area contributed by atoms with Crippen LogP contribution >= 0.6 is 0 Å². The molecule has 7 heteroatoms. The molecule has 2 saturated carbocycles. The lowest BCUT2D eigenvalue weighted by Crippen LogP contribution is -2.49. The molecule has 1 atom stereocenters. The molecule has 0 radical (unpaired) electrons. The zero-order valence-electron chi connectivity index (χ0n) is 19.8. The standard InChI is InChI=1S/C27H34N4O2S/c32-16-27(9-2-10-27)30-24-22-23(26(11-12-26)17-34(22)33)28-25(29-24)31-13-7-19(8-14-31)21-6-5-18-3-1-4-20(18)15-21/h5-6,15,19,32H,1-4,7-14,16-17H2,(H,28,29,30)/t34-/m0/s1. The van der Waals surface area contributed by atoms with Crippen molar-refractivity contribution in [1.29, 1.82) is 0 Å². The number of aromatic nitrogens is 2. The highest BCUT2D eigenvalue weighted by Gasteiger charge is 2.55. The molecule has 0 bridgehead atoms. The number of aliphatic hydroxyl groups excluding tert-OH is 1. The van der Waals surface area contributed by atoms with Crippen molar-refractivity contribution in [3.8, 4) is 0 Å². The highest BCUT2D eigenvalue weighted by molar-refractivity contribution is 7.85. The monoisotopic (exact) mass is 478 g/mol. The Kier molecular flexibility index (Phi) is 4.86. The number of hydrogen-bond donors (Lipinski definition) is 2. The van der Waals surface area contributed by atoms with E-state index < -0.39 is 10.8 Å². The van der Waals surface area contributed by atoms with E-state index in [4.69, 9.17) is 9.97 Å². The Morgan fingerprint density at radius 1 is 1.06 bits per heavy atom. The van der Waals surface area contributed by atoms with Crippen molar-refractivity contribution in [3.63, 3.8) is 0 Å². The van der Waals surface area contributed by atoms with Gasteiger partial charge in [0.1, 0.15) is 10.7 Å². The molecule has 1 aromatic carbocycles. The van der Waals surface area contributed by atoms with Gasteiger partial charge in [-0.15, -0.1) is 0 Å². The van der Waals surface area contributed by atoms with Gasteiger partial charge in [-0.25, -0.2) is 4.98 Å². The minimum atomic E-state index is -1.06. The van der Waals surface area contributed by atoms with Crippen LogP contribution in [-0.2, 0) is 29.1 Å². The Morgan fingerprint density at radius 3 is 2.56 bits per heavy atom. The number of nitrogens with zero attached hydrogens (tertiary/aromatic N) is 3. The molecular weight excluding hydrogens is 444 g/mol. The van der Waals surface area contributed by atoms with Crippen molar-refractivity contribution < 1.29 is 9.32 Å². The molecule has 0 unspecified atom stereocenters. The largest absolute Gasteiger partial charge is 0.394 e. The van der Waals surface area contributed by atoms with Gasteiger partial charge >= 0.3 is 0 Å². The minimum absolute atomic E-state index is 0.00302. The summed E-state index contributed by atoms with van der Waals surface area (Å²) < 4.78 is 13.1. The molecule has 180 valence electrons. The first-order chi connectivity index (χ1) is 16.6. The van der Waals surface area contributed by atoms with Gasteiger partial charge in [-0.2, -0.15) is 4.98 Å². The maximum Gasteiger partial charge on any atom is 0.227 e. The first-order valence-corrected chi connectivity index (χ1v) is 14.5. The van der Waals surface area contributed by atoms with Gasteiger partial charge < -0.3 is 15.3 Å². The minimum Gasteiger partial charge on any atom is -0.394 e. The average Bonchev–Trinajstić information content (AvgIpc) is 3.35. The van der Waals surface area contributed by atoms with Gasteiger partial charge in [0.2, 0.25) is 5.95 Å².